The highest BCUT2D eigenvalue weighted by Gasteiger charge is 2.40. The molecule has 112 valence electrons. The largest absolute Gasteiger partial charge is 0.520 e. The molecule has 0 saturated heterocycles. The molecule has 0 rings (SSSR count). The minimum Gasteiger partial charge on any atom is -0.520 e. The van der Waals surface area contributed by atoms with E-state index in [0.717, 1.165) is 0 Å². The number of rotatable bonds is 6. The maximum absolute atomic E-state index is 12.0. The monoisotopic (exact) mass is 312 g/mol. The molecule has 0 aromatic carbocycles. The maximum Gasteiger partial charge on any atom is 0.295 e. The zero-order chi connectivity index (χ0) is 16.2. The highest BCUT2D eigenvalue weighted by atomic mass is 28.4. The first-order valence-electron chi connectivity index (χ1n) is 6.60. The summed E-state index contributed by atoms with van der Waals surface area (Å²) < 4.78 is 11.1. The molecule has 0 radical (unpaired) electrons. The van der Waals surface area contributed by atoms with E-state index in [-0.39, 0.29) is 12.4 Å². The van der Waals surface area contributed by atoms with Crippen LogP contribution in [0.5, 0.6) is 0 Å². The minimum absolute atomic E-state index is 0.0353. The van der Waals surface area contributed by atoms with E-state index in [4.69, 9.17) is 8.85 Å². The molecule has 0 heterocycles. The van der Waals surface area contributed by atoms with Gasteiger partial charge in [-0.15, -0.1) is 0 Å². The molecule has 0 aliphatic heterocycles. The van der Waals surface area contributed by atoms with Crippen molar-refractivity contribution >= 4 is 22.6 Å². The third kappa shape index (κ3) is 6.85. The lowest BCUT2D eigenvalue weighted by molar-refractivity contribution is -0.140. The van der Waals surface area contributed by atoms with Crippen molar-refractivity contribution < 1.29 is 13.6 Å². The van der Waals surface area contributed by atoms with Gasteiger partial charge in [-0.3, -0.25) is 4.79 Å². The Morgan fingerprint density at radius 3 is 1.85 bits per heavy atom. The van der Waals surface area contributed by atoms with Gasteiger partial charge in [0.1, 0.15) is 12.1 Å². The van der Waals surface area contributed by atoms with Gasteiger partial charge in [-0.2, -0.15) is 10.5 Å². The molecule has 0 aromatic rings. The molecule has 0 amide bonds. The van der Waals surface area contributed by atoms with Gasteiger partial charge in [0.2, 0.25) is 13.9 Å². The predicted molar refractivity (Wildman–Crippen MR) is 81.6 cm³/mol. The molecule has 0 aromatic heterocycles. The number of nitriles is 2. The van der Waals surface area contributed by atoms with Crippen molar-refractivity contribution in [3.05, 3.63) is 0 Å². The molecule has 0 bridgehead atoms. The Balaban J connectivity index is 5.00. The van der Waals surface area contributed by atoms with Gasteiger partial charge in [-0.25, -0.2) is 0 Å². The maximum atomic E-state index is 12.0. The Morgan fingerprint density at radius 1 is 1.10 bits per heavy atom. The van der Waals surface area contributed by atoms with E-state index in [9.17, 15) is 15.3 Å². The van der Waals surface area contributed by atoms with Crippen LogP contribution in [-0.4, -0.2) is 28.2 Å². The van der Waals surface area contributed by atoms with E-state index in [0.29, 0.717) is 0 Å². The summed E-state index contributed by atoms with van der Waals surface area (Å²) in [6, 6.07) is 3.85. The zero-order valence-corrected chi connectivity index (χ0v) is 15.4. The molecule has 0 spiro atoms. The fraction of sp³-hybridized carbons (Fsp3) is 0.769. The normalized spacial score (nSPS) is 14.1. The Bertz CT molecular complexity index is 424. The summed E-state index contributed by atoms with van der Waals surface area (Å²) in [5.74, 6) is -0.907. The molecule has 0 aliphatic carbocycles. The van der Waals surface area contributed by atoms with E-state index in [1.165, 1.54) is 0 Å². The summed E-state index contributed by atoms with van der Waals surface area (Å²) in [5, 5.41) is 18.6. The fourth-order valence-corrected chi connectivity index (χ4v) is 3.67. The lowest BCUT2D eigenvalue weighted by Crippen LogP contribution is -2.43. The highest BCUT2D eigenvalue weighted by Crippen LogP contribution is 2.26. The molecule has 7 heteroatoms. The lowest BCUT2D eigenvalue weighted by Gasteiger charge is -2.30. The van der Waals surface area contributed by atoms with Gasteiger partial charge in [0, 0.05) is 6.42 Å². The number of carbonyl (C=O) groups is 1. The summed E-state index contributed by atoms with van der Waals surface area (Å²) >= 11 is 0. The van der Waals surface area contributed by atoms with Crippen LogP contribution in [0.4, 0.5) is 0 Å². The van der Waals surface area contributed by atoms with E-state index in [2.05, 4.69) is 0 Å². The molecule has 20 heavy (non-hydrogen) atoms. The van der Waals surface area contributed by atoms with Crippen molar-refractivity contribution in [2.75, 3.05) is 0 Å². The summed E-state index contributed by atoms with van der Waals surface area (Å²) in [6.45, 7) is 13.1. The van der Waals surface area contributed by atoms with Gasteiger partial charge < -0.3 is 8.85 Å². The van der Waals surface area contributed by atoms with Crippen LogP contribution in [0, 0.1) is 28.6 Å². The molecule has 0 aliphatic rings. The minimum atomic E-state index is -2.07. The molecule has 1 unspecified atom stereocenters. The Morgan fingerprint density at radius 2 is 1.55 bits per heavy atom. The van der Waals surface area contributed by atoms with Gasteiger partial charge in [0.15, 0.2) is 8.32 Å². The molecular formula is C13H24N2O3Si2. The molecule has 0 fully saturated rings. The number of hydrogen-bond donors (Lipinski definition) is 0. The van der Waals surface area contributed by atoms with E-state index < -0.39 is 28.2 Å². The summed E-state index contributed by atoms with van der Waals surface area (Å²) in [4.78, 5) is 12.0. The summed E-state index contributed by atoms with van der Waals surface area (Å²) in [5.41, 5.74) is -1.57. The average molecular weight is 313 g/mol. The number of hydrogen-bond acceptors (Lipinski definition) is 5. The van der Waals surface area contributed by atoms with E-state index in [1.807, 2.05) is 51.4 Å². The van der Waals surface area contributed by atoms with Crippen LogP contribution >= 0.6 is 0 Å². The quantitative estimate of drug-likeness (QED) is 0.704. The molecule has 5 nitrogen and oxygen atoms in total. The van der Waals surface area contributed by atoms with Crippen molar-refractivity contribution in [3.63, 3.8) is 0 Å². The highest BCUT2D eigenvalue weighted by molar-refractivity contribution is 6.71. The zero-order valence-electron chi connectivity index (χ0n) is 13.4. The summed E-state index contributed by atoms with van der Waals surface area (Å²) in [7, 11) is -4.04. The standard InChI is InChI=1S/C13H24N2O3Si2/c1-11(12(16)17-19(2,3)4)8-13(9-14,10-15)18-20(5,6)7/h11H,8H2,1-7H3. The van der Waals surface area contributed by atoms with Crippen LogP contribution in [-0.2, 0) is 13.6 Å². The van der Waals surface area contributed by atoms with Crippen LogP contribution in [0.2, 0.25) is 39.3 Å². The van der Waals surface area contributed by atoms with Crippen LogP contribution in [0.3, 0.4) is 0 Å². The SMILES string of the molecule is CC(CC(C#N)(C#N)O[Si](C)(C)C)C(=O)O[Si](C)(C)C. The smallest absolute Gasteiger partial charge is 0.295 e. The van der Waals surface area contributed by atoms with E-state index in [1.54, 1.807) is 6.92 Å². The van der Waals surface area contributed by atoms with Gasteiger partial charge >= 0.3 is 0 Å². The first kappa shape index (κ1) is 18.8. The van der Waals surface area contributed by atoms with Crippen LogP contribution < -0.4 is 0 Å². The third-order valence-electron chi connectivity index (χ3n) is 2.24. The van der Waals surface area contributed by atoms with Crippen molar-refractivity contribution in [1.29, 1.82) is 10.5 Å². The predicted octanol–water partition coefficient (Wildman–Crippen LogP) is 3.03. The first-order chi connectivity index (χ1) is 8.84. The molecule has 1 atom stereocenters. The Labute approximate surface area is 123 Å². The first-order valence-corrected chi connectivity index (χ1v) is 13.4. The number of nitrogens with zero attached hydrogens (tertiary/aromatic N) is 2. The molecule has 0 saturated carbocycles. The Kier molecular flexibility index (Phi) is 6.15. The van der Waals surface area contributed by atoms with Crippen molar-refractivity contribution in [1.82, 2.24) is 0 Å². The van der Waals surface area contributed by atoms with E-state index >= 15 is 0 Å². The van der Waals surface area contributed by atoms with Crippen LogP contribution in [0.25, 0.3) is 0 Å². The second-order valence-corrected chi connectivity index (χ2v) is 15.8. The fourth-order valence-electron chi connectivity index (χ4n) is 1.64. The third-order valence-corrected chi connectivity index (χ3v) is 4.02. The van der Waals surface area contributed by atoms with Crippen molar-refractivity contribution in [2.45, 2.75) is 58.2 Å². The van der Waals surface area contributed by atoms with Crippen LogP contribution in [0.1, 0.15) is 13.3 Å². The second kappa shape index (κ2) is 6.53. The van der Waals surface area contributed by atoms with Gasteiger partial charge in [0.25, 0.3) is 5.97 Å². The van der Waals surface area contributed by atoms with Crippen LogP contribution in [0.15, 0.2) is 0 Å². The average Bonchev–Trinajstić information content (AvgIpc) is 2.23. The topological polar surface area (TPSA) is 83.1 Å². The van der Waals surface area contributed by atoms with Crippen molar-refractivity contribution in [3.8, 4) is 12.1 Å². The van der Waals surface area contributed by atoms with Crippen molar-refractivity contribution in [2.24, 2.45) is 5.92 Å². The summed E-state index contributed by atoms with van der Waals surface area (Å²) in [6.07, 6.45) is 0.0353. The van der Waals surface area contributed by atoms with Gasteiger partial charge in [-0.1, -0.05) is 6.92 Å². The Hall–Kier alpha value is -1.16. The number of carbonyl (C=O) groups excluding carboxylic acids is 1. The lowest BCUT2D eigenvalue weighted by atomic mass is 9.94. The van der Waals surface area contributed by atoms with Gasteiger partial charge in [-0.05, 0) is 39.3 Å². The second-order valence-electron chi connectivity index (χ2n) is 6.90. The van der Waals surface area contributed by atoms with Gasteiger partial charge in [0.05, 0.1) is 5.92 Å². The molecular weight excluding hydrogens is 288 g/mol. The molecule has 0 N–H and O–H groups in total.